The molecule has 3 aromatic rings. The molecule has 3 heterocycles. The topological polar surface area (TPSA) is 130 Å². The minimum atomic E-state index is -1.07. The van der Waals surface area contributed by atoms with Crippen molar-refractivity contribution in [2.75, 3.05) is 26.3 Å². The lowest BCUT2D eigenvalue weighted by molar-refractivity contribution is -0.135. The molecule has 1 fully saturated rings. The number of morpholine rings is 1. The van der Waals surface area contributed by atoms with E-state index in [0.29, 0.717) is 43.4 Å². The van der Waals surface area contributed by atoms with Gasteiger partial charge < -0.3 is 28.7 Å². The normalized spacial score (nSPS) is 14.8. The molecule has 9 heteroatoms. The lowest BCUT2D eigenvalue weighted by atomic mass is 9.97. The molecule has 0 aliphatic carbocycles. The van der Waals surface area contributed by atoms with E-state index in [-0.39, 0.29) is 29.4 Å². The molecule has 1 saturated heterocycles. The molecule has 172 valence electrons. The summed E-state index contributed by atoms with van der Waals surface area (Å²) in [5.74, 6) is -1.78. The van der Waals surface area contributed by atoms with Crippen molar-refractivity contribution in [2.24, 2.45) is 0 Å². The summed E-state index contributed by atoms with van der Waals surface area (Å²) in [6.45, 7) is 3.34. The maximum atomic E-state index is 13.0. The maximum Gasteiger partial charge on any atom is 0.335 e. The van der Waals surface area contributed by atoms with Gasteiger partial charge in [0, 0.05) is 31.1 Å². The fraction of sp³-hybridized carbons (Fsp3) is 0.292. The SMILES string of the molecule is Cc1cc(=O)c(O)c([C@H](CC(=O)N2CCOCC2)c2ccc(-c3cccc(C(=O)O)c3)o2)o1. The Hall–Kier alpha value is -3.85. The van der Waals surface area contributed by atoms with Gasteiger partial charge in [-0.05, 0) is 31.2 Å². The van der Waals surface area contributed by atoms with Crippen LogP contribution in [-0.4, -0.2) is 53.3 Å². The van der Waals surface area contributed by atoms with Crippen LogP contribution in [0.5, 0.6) is 5.75 Å². The number of amides is 1. The van der Waals surface area contributed by atoms with Gasteiger partial charge in [-0.25, -0.2) is 4.79 Å². The van der Waals surface area contributed by atoms with Crippen LogP contribution in [0.4, 0.5) is 0 Å². The number of hydrogen-bond donors (Lipinski definition) is 2. The van der Waals surface area contributed by atoms with Crippen LogP contribution in [0.15, 0.2) is 56.1 Å². The van der Waals surface area contributed by atoms with Gasteiger partial charge in [0.05, 0.1) is 24.7 Å². The van der Waals surface area contributed by atoms with E-state index in [1.807, 2.05) is 0 Å². The van der Waals surface area contributed by atoms with Gasteiger partial charge in [0.1, 0.15) is 17.3 Å². The lowest BCUT2D eigenvalue weighted by Crippen LogP contribution is -2.41. The molecule has 1 aliphatic heterocycles. The highest BCUT2D eigenvalue weighted by Crippen LogP contribution is 2.36. The molecule has 1 aromatic carbocycles. The highest BCUT2D eigenvalue weighted by atomic mass is 16.5. The molecule has 9 nitrogen and oxygen atoms in total. The molecular weight excluding hydrogens is 430 g/mol. The van der Waals surface area contributed by atoms with Crippen molar-refractivity contribution in [1.82, 2.24) is 4.90 Å². The van der Waals surface area contributed by atoms with Crippen LogP contribution in [-0.2, 0) is 9.53 Å². The Labute approximate surface area is 188 Å². The first kappa shape index (κ1) is 22.3. The van der Waals surface area contributed by atoms with Gasteiger partial charge in [-0.3, -0.25) is 9.59 Å². The van der Waals surface area contributed by atoms with Crippen molar-refractivity contribution in [3.63, 3.8) is 0 Å². The number of furan rings is 1. The molecule has 0 unspecified atom stereocenters. The highest BCUT2D eigenvalue weighted by Gasteiger charge is 2.31. The maximum absolute atomic E-state index is 13.0. The third-order valence-electron chi connectivity index (χ3n) is 5.50. The molecular formula is C24H23NO8. The van der Waals surface area contributed by atoms with Crippen molar-refractivity contribution in [3.05, 3.63) is 75.5 Å². The molecule has 2 N–H and O–H groups in total. The first-order chi connectivity index (χ1) is 15.8. The molecule has 0 saturated carbocycles. The minimum Gasteiger partial charge on any atom is -0.502 e. The van der Waals surface area contributed by atoms with E-state index < -0.39 is 23.1 Å². The number of aromatic carboxylic acids is 1. The third-order valence-corrected chi connectivity index (χ3v) is 5.50. The van der Waals surface area contributed by atoms with Gasteiger partial charge in [0.2, 0.25) is 17.1 Å². The third kappa shape index (κ3) is 4.83. The van der Waals surface area contributed by atoms with E-state index in [2.05, 4.69) is 0 Å². The summed E-state index contributed by atoms with van der Waals surface area (Å²) in [5, 5.41) is 19.7. The second kappa shape index (κ2) is 9.33. The first-order valence-electron chi connectivity index (χ1n) is 10.5. The number of benzene rings is 1. The van der Waals surface area contributed by atoms with Gasteiger partial charge in [-0.15, -0.1) is 0 Å². The van der Waals surface area contributed by atoms with E-state index >= 15 is 0 Å². The molecule has 1 amide bonds. The number of aryl methyl sites for hydroxylation is 1. The predicted octanol–water partition coefficient (Wildman–Crippen LogP) is 2.99. The highest BCUT2D eigenvalue weighted by molar-refractivity contribution is 5.89. The zero-order chi connectivity index (χ0) is 23.5. The molecule has 0 spiro atoms. The molecule has 4 rings (SSSR count). The summed E-state index contributed by atoms with van der Waals surface area (Å²) in [5.41, 5.74) is 0.0275. The smallest absolute Gasteiger partial charge is 0.335 e. The van der Waals surface area contributed by atoms with Gasteiger partial charge >= 0.3 is 5.97 Å². The Balaban J connectivity index is 1.72. The number of rotatable bonds is 6. The zero-order valence-electron chi connectivity index (χ0n) is 17.9. The van der Waals surface area contributed by atoms with Crippen molar-refractivity contribution in [1.29, 1.82) is 0 Å². The molecule has 0 radical (unpaired) electrons. The summed E-state index contributed by atoms with van der Waals surface area (Å²) in [6, 6.07) is 10.7. The van der Waals surface area contributed by atoms with Crippen LogP contribution >= 0.6 is 0 Å². The Bertz CT molecular complexity index is 1240. The van der Waals surface area contributed by atoms with Crippen molar-refractivity contribution in [3.8, 4) is 17.1 Å². The molecule has 0 bridgehead atoms. The average Bonchev–Trinajstić information content (AvgIpc) is 3.30. The largest absolute Gasteiger partial charge is 0.502 e. The number of hydrogen-bond acceptors (Lipinski definition) is 7. The summed E-state index contributed by atoms with van der Waals surface area (Å²) in [6.07, 6.45) is -0.0952. The van der Waals surface area contributed by atoms with Crippen LogP contribution in [0.3, 0.4) is 0 Å². The van der Waals surface area contributed by atoms with Crippen LogP contribution in [0.2, 0.25) is 0 Å². The van der Waals surface area contributed by atoms with Crippen LogP contribution in [0.1, 0.15) is 40.0 Å². The minimum absolute atomic E-state index is 0.0539. The average molecular weight is 453 g/mol. The Kier molecular flexibility index (Phi) is 6.32. The second-order valence-electron chi connectivity index (χ2n) is 7.77. The Morgan fingerprint density at radius 3 is 2.58 bits per heavy atom. The monoisotopic (exact) mass is 453 g/mol. The van der Waals surface area contributed by atoms with Gasteiger partial charge in [-0.1, -0.05) is 12.1 Å². The fourth-order valence-electron chi connectivity index (χ4n) is 3.80. The van der Waals surface area contributed by atoms with E-state index in [4.69, 9.17) is 13.6 Å². The standard InChI is InChI=1S/C24H23NO8/c1-14-11-18(26)22(28)23(32-14)17(13-21(27)25-7-9-31-10-8-25)20-6-5-19(33-20)15-3-2-4-16(12-15)24(29)30/h2-6,11-12,17,28H,7-10,13H2,1H3,(H,29,30)/t17-/m1/s1. The molecule has 1 atom stereocenters. The number of carboxylic acids is 1. The zero-order valence-corrected chi connectivity index (χ0v) is 17.9. The first-order valence-corrected chi connectivity index (χ1v) is 10.5. The van der Waals surface area contributed by atoms with Crippen LogP contribution in [0.25, 0.3) is 11.3 Å². The summed E-state index contributed by atoms with van der Waals surface area (Å²) < 4.78 is 17.0. The number of aromatic hydroxyl groups is 1. The quantitative estimate of drug-likeness (QED) is 0.583. The number of carbonyl (C=O) groups is 2. The number of ether oxygens (including phenoxy) is 1. The summed E-state index contributed by atoms with van der Waals surface area (Å²) in [7, 11) is 0. The van der Waals surface area contributed by atoms with Gasteiger partial charge in [0.15, 0.2) is 5.76 Å². The van der Waals surface area contributed by atoms with Crippen molar-refractivity contribution in [2.45, 2.75) is 19.3 Å². The fourth-order valence-corrected chi connectivity index (χ4v) is 3.80. The van der Waals surface area contributed by atoms with Gasteiger partial charge in [-0.2, -0.15) is 0 Å². The number of carboxylic acid groups (broad SMARTS) is 1. The van der Waals surface area contributed by atoms with E-state index in [1.165, 1.54) is 18.2 Å². The van der Waals surface area contributed by atoms with E-state index in [9.17, 15) is 24.6 Å². The second-order valence-corrected chi connectivity index (χ2v) is 7.77. The molecule has 33 heavy (non-hydrogen) atoms. The number of nitrogens with zero attached hydrogens (tertiary/aromatic N) is 1. The Morgan fingerprint density at radius 2 is 1.85 bits per heavy atom. The van der Waals surface area contributed by atoms with Gasteiger partial charge in [0.25, 0.3) is 0 Å². The Morgan fingerprint density at radius 1 is 1.09 bits per heavy atom. The van der Waals surface area contributed by atoms with E-state index in [1.54, 1.807) is 36.1 Å². The van der Waals surface area contributed by atoms with Crippen LogP contribution in [0, 0.1) is 6.92 Å². The summed E-state index contributed by atoms with van der Waals surface area (Å²) >= 11 is 0. The predicted molar refractivity (Wildman–Crippen MR) is 116 cm³/mol. The van der Waals surface area contributed by atoms with Crippen LogP contribution < -0.4 is 5.43 Å². The van der Waals surface area contributed by atoms with Crippen molar-refractivity contribution < 1.29 is 33.4 Å². The molecule has 1 aliphatic rings. The lowest BCUT2D eigenvalue weighted by Gasteiger charge is -2.28. The van der Waals surface area contributed by atoms with E-state index in [0.717, 1.165) is 0 Å². The van der Waals surface area contributed by atoms with Crippen molar-refractivity contribution >= 4 is 11.9 Å². The molecule has 2 aromatic heterocycles. The summed E-state index contributed by atoms with van der Waals surface area (Å²) in [4.78, 5) is 38.2. The number of carbonyl (C=O) groups excluding carboxylic acids is 1.